The van der Waals surface area contributed by atoms with Gasteiger partial charge in [0.25, 0.3) is 0 Å². The number of rotatable bonds is 8. The summed E-state index contributed by atoms with van der Waals surface area (Å²) >= 11 is 0. The molecule has 0 heterocycles. The van der Waals surface area contributed by atoms with Crippen LogP contribution in [0.5, 0.6) is 0 Å². The second-order valence-electron chi connectivity index (χ2n) is 6.19. The predicted molar refractivity (Wildman–Crippen MR) is 73.8 cm³/mol. The van der Waals surface area contributed by atoms with E-state index in [0.29, 0.717) is 12.1 Å². The molecule has 2 nitrogen and oxygen atoms in total. The fourth-order valence-electron chi connectivity index (χ4n) is 2.15. The van der Waals surface area contributed by atoms with E-state index in [1.807, 2.05) is 0 Å². The van der Waals surface area contributed by atoms with Crippen LogP contribution < -0.4 is 5.32 Å². The topological polar surface area (TPSA) is 15.3 Å². The fraction of sp³-hybridized carbons (Fsp3) is 1.00. The third-order valence-electron chi connectivity index (χ3n) is 3.00. The van der Waals surface area contributed by atoms with E-state index >= 15 is 0 Å². The number of likely N-dealkylation sites (N-methyl/N-ethyl adjacent to an activating group) is 1. The summed E-state index contributed by atoms with van der Waals surface area (Å²) in [4.78, 5) is 2.34. The normalized spacial score (nSPS) is 16.1. The molecule has 0 fully saturated rings. The van der Waals surface area contributed by atoms with Gasteiger partial charge in [-0.3, -0.25) is 0 Å². The van der Waals surface area contributed by atoms with Crippen LogP contribution in [0, 0.1) is 11.8 Å². The van der Waals surface area contributed by atoms with Crippen LogP contribution in [0.2, 0.25) is 0 Å². The minimum Gasteiger partial charge on any atom is -0.313 e. The molecule has 0 amide bonds. The number of nitrogens with one attached hydrogen (secondary N) is 1. The van der Waals surface area contributed by atoms with E-state index in [1.54, 1.807) is 0 Å². The van der Waals surface area contributed by atoms with Gasteiger partial charge in [-0.1, -0.05) is 27.7 Å². The molecule has 16 heavy (non-hydrogen) atoms. The van der Waals surface area contributed by atoms with Crippen molar-refractivity contribution in [3.05, 3.63) is 0 Å². The lowest BCUT2D eigenvalue weighted by Gasteiger charge is -2.28. The first-order valence-electron chi connectivity index (χ1n) is 6.72. The van der Waals surface area contributed by atoms with Gasteiger partial charge in [-0.15, -0.1) is 0 Å². The molecule has 0 aromatic rings. The quantitative estimate of drug-likeness (QED) is 0.687. The van der Waals surface area contributed by atoms with Gasteiger partial charge in [-0.05, 0) is 45.7 Å². The highest BCUT2D eigenvalue weighted by atomic mass is 15.1. The molecule has 0 aromatic carbocycles. The average Bonchev–Trinajstić information content (AvgIpc) is 2.09. The summed E-state index contributed by atoms with van der Waals surface area (Å²) in [5.74, 6) is 1.56. The molecular weight excluding hydrogens is 196 g/mol. The summed E-state index contributed by atoms with van der Waals surface area (Å²) in [7, 11) is 4.36. The van der Waals surface area contributed by atoms with E-state index in [2.05, 4.69) is 58.9 Å². The maximum atomic E-state index is 3.66. The van der Waals surface area contributed by atoms with Gasteiger partial charge in [0.05, 0.1) is 0 Å². The minimum atomic E-state index is 0.634. The molecule has 2 heteroatoms. The molecule has 0 aliphatic carbocycles. The van der Waals surface area contributed by atoms with Gasteiger partial charge in [0.2, 0.25) is 0 Å². The third kappa shape index (κ3) is 8.12. The lowest BCUT2D eigenvalue weighted by atomic mass is 10.0. The van der Waals surface area contributed by atoms with Crippen molar-refractivity contribution in [1.82, 2.24) is 10.2 Å². The molecular formula is C14H32N2. The Kier molecular flexibility index (Phi) is 8.04. The maximum Gasteiger partial charge on any atom is 0.0217 e. The van der Waals surface area contributed by atoms with Gasteiger partial charge < -0.3 is 10.2 Å². The molecule has 2 unspecified atom stereocenters. The molecule has 0 bridgehead atoms. The second-order valence-corrected chi connectivity index (χ2v) is 6.19. The van der Waals surface area contributed by atoms with Crippen molar-refractivity contribution in [2.45, 2.75) is 59.5 Å². The van der Waals surface area contributed by atoms with Crippen LogP contribution in [-0.2, 0) is 0 Å². The maximum absolute atomic E-state index is 3.66. The highest BCUT2D eigenvalue weighted by Crippen LogP contribution is 2.09. The molecule has 0 saturated carbocycles. The van der Waals surface area contributed by atoms with E-state index in [-0.39, 0.29) is 0 Å². The Morgan fingerprint density at radius 3 is 1.75 bits per heavy atom. The van der Waals surface area contributed by atoms with E-state index in [4.69, 9.17) is 0 Å². The first kappa shape index (κ1) is 15.9. The van der Waals surface area contributed by atoms with E-state index in [9.17, 15) is 0 Å². The molecule has 0 aliphatic heterocycles. The third-order valence-corrected chi connectivity index (χ3v) is 3.00. The Balaban J connectivity index is 3.92. The van der Waals surface area contributed by atoms with Crippen molar-refractivity contribution in [2.24, 2.45) is 11.8 Å². The van der Waals surface area contributed by atoms with Gasteiger partial charge in [0.15, 0.2) is 0 Å². The predicted octanol–water partition coefficient (Wildman–Crippen LogP) is 2.99. The summed E-state index contributed by atoms with van der Waals surface area (Å²) in [6.07, 6.45) is 2.54. The fourth-order valence-corrected chi connectivity index (χ4v) is 2.15. The summed E-state index contributed by atoms with van der Waals surface area (Å²) in [6, 6.07) is 1.30. The highest BCUT2D eigenvalue weighted by Gasteiger charge is 2.14. The number of hydrogen-bond donors (Lipinski definition) is 1. The summed E-state index contributed by atoms with van der Waals surface area (Å²) < 4.78 is 0. The molecule has 0 saturated heterocycles. The first-order valence-corrected chi connectivity index (χ1v) is 6.72. The summed E-state index contributed by atoms with van der Waals surface area (Å²) in [5.41, 5.74) is 0. The molecule has 0 radical (unpaired) electrons. The molecule has 0 aromatic heterocycles. The van der Waals surface area contributed by atoms with E-state index in [0.717, 1.165) is 18.4 Å². The number of nitrogens with zero attached hydrogens (tertiary/aromatic N) is 1. The molecule has 0 aliphatic rings. The van der Waals surface area contributed by atoms with Crippen LogP contribution in [0.3, 0.4) is 0 Å². The van der Waals surface area contributed by atoms with Crippen molar-refractivity contribution in [3.63, 3.8) is 0 Å². The second kappa shape index (κ2) is 8.08. The zero-order valence-electron chi connectivity index (χ0n) is 12.4. The van der Waals surface area contributed by atoms with Crippen molar-refractivity contribution >= 4 is 0 Å². The van der Waals surface area contributed by atoms with Crippen LogP contribution in [-0.4, -0.2) is 37.6 Å². The standard InChI is InChI=1S/C14H32N2/c1-11(2)8-13(5)15-10-14(16(6)7)9-12(3)4/h11-15H,8-10H2,1-7H3. The minimum absolute atomic E-state index is 0.634. The van der Waals surface area contributed by atoms with Gasteiger partial charge in [0, 0.05) is 18.6 Å². The smallest absolute Gasteiger partial charge is 0.0217 e. The molecule has 0 rings (SSSR count). The Labute approximate surface area is 103 Å². The Morgan fingerprint density at radius 2 is 1.38 bits per heavy atom. The lowest BCUT2D eigenvalue weighted by Crippen LogP contribution is -2.42. The average molecular weight is 228 g/mol. The zero-order chi connectivity index (χ0) is 12.7. The van der Waals surface area contributed by atoms with Crippen molar-refractivity contribution in [3.8, 4) is 0 Å². The molecule has 1 N–H and O–H groups in total. The van der Waals surface area contributed by atoms with Crippen LogP contribution in [0.4, 0.5) is 0 Å². The largest absolute Gasteiger partial charge is 0.313 e. The highest BCUT2D eigenvalue weighted by molar-refractivity contribution is 4.73. The number of hydrogen-bond acceptors (Lipinski definition) is 2. The van der Waals surface area contributed by atoms with Crippen LogP contribution in [0.1, 0.15) is 47.5 Å². The van der Waals surface area contributed by atoms with Crippen LogP contribution in [0.15, 0.2) is 0 Å². The summed E-state index contributed by atoms with van der Waals surface area (Å²) in [5, 5.41) is 3.66. The van der Waals surface area contributed by atoms with Crippen molar-refractivity contribution < 1.29 is 0 Å². The van der Waals surface area contributed by atoms with Gasteiger partial charge in [-0.25, -0.2) is 0 Å². The zero-order valence-corrected chi connectivity index (χ0v) is 12.4. The lowest BCUT2D eigenvalue weighted by molar-refractivity contribution is 0.238. The molecule has 0 spiro atoms. The molecule has 2 atom stereocenters. The van der Waals surface area contributed by atoms with Gasteiger partial charge in [0.1, 0.15) is 0 Å². The van der Waals surface area contributed by atoms with E-state index < -0.39 is 0 Å². The van der Waals surface area contributed by atoms with Crippen molar-refractivity contribution in [2.75, 3.05) is 20.6 Å². The van der Waals surface area contributed by atoms with Gasteiger partial charge >= 0.3 is 0 Å². The Morgan fingerprint density at radius 1 is 0.875 bits per heavy atom. The van der Waals surface area contributed by atoms with Crippen LogP contribution >= 0.6 is 0 Å². The summed E-state index contributed by atoms with van der Waals surface area (Å²) in [6.45, 7) is 12.6. The van der Waals surface area contributed by atoms with Gasteiger partial charge in [-0.2, -0.15) is 0 Å². The monoisotopic (exact) mass is 228 g/mol. The first-order chi connectivity index (χ1) is 7.32. The Hall–Kier alpha value is -0.0800. The van der Waals surface area contributed by atoms with E-state index in [1.165, 1.54) is 12.8 Å². The van der Waals surface area contributed by atoms with Crippen molar-refractivity contribution in [1.29, 1.82) is 0 Å². The van der Waals surface area contributed by atoms with Crippen LogP contribution in [0.25, 0.3) is 0 Å². The molecule has 98 valence electrons. The Bertz CT molecular complexity index is 164. The SMILES string of the molecule is CC(C)CC(C)NCC(CC(C)C)N(C)C.